The second kappa shape index (κ2) is 9.93. The molecule has 0 amide bonds. The van der Waals surface area contributed by atoms with Crippen molar-refractivity contribution in [3.05, 3.63) is 72.7 Å². The molecule has 174 valence electrons. The molecule has 5 rings (SSSR count). The minimum atomic E-state index is 0.590. The summed E-state index contributed by atoms with van der Waals surface area (Å²) < 4.78 is 12.8. The molecule has 0 aliphatic carbocycles. The van der Waals surface area contributed by atoms with E-state index in [0.29, 0.717) is 17.3 Å². The summed E-state index contributed by atoms with van der Waals surface area (Å²) in [5.74, 6) is 2.96. The number of ether oxygens (including phenoxy) is 2. The second-order valence-corrected chi connectivity index (χ2v) is 8.14. The summed E-state index contributed by atoms with van der Waals surface area (Å²) in [4.78, 5) is 13.7. The van der Waals surface area contributed by atoms with E-state index in [1.807, 2.05) is 35.0 Å². The minimum absolute atomic E-state index is 0.590. The smallest absolute Gasteiger partial charge is 0.254 e. The first kappa shape index (κ1) is 21.9. The van der Waals surface area contributed by atoms with Crippen molar-refractivity contribution >= 4 is 17.7 Å². The Morgan fingerprint density at radius 1 is 0.912 bits per heavy atom. The summed E-state index contributed by atoms with van der Waals surface area (Å²) in [6.07, 6.45) is 7.84. The molecule has 3 heterocycles. The molecule has 0 bridgehead atoms. The monoisotopic (exact) mass is 456 g/mol. The molecule has 0 spiro atoms. The first-order valence-corrected chi connectivity index (χ1v) is 11.4. The highest BCUT2D eigenvalue weighted by molar-refractivity contribution is 5.78. The van der Waals surface area contributed by atoms with Gasteiger partial charge in [-0.1, -0.05) is 48.6 Å². The zero-order valence-corrected chi connectivity index (χ0v) is 19.5. The maximum atomic E-state index is 5.53. The van der Waals surface area contributed by atoms with Gasteiger partial charge in [0.1, 0.15) is 12.1 Å². The highest BCUT2D eigenvalue weighted by atomic mass is 16.5. The van der Waals surface area contributed by atoms with Crippen molar-refractivity contribution in [3.8, 4) is 22.6 Å². The van der Waals surface area contributed by atoms with Gasteiger partial charge in [-0.05, 0) is 23.3 Å². The van der Waals surface area contributed by atoms with Crippen LogP contribution in [0.2, 0.25) is 0 Å². The van der Waals surface area contributed by atoms with E-state index in [9.17, 15) is 0 Å². The zero-order valence-electron chi connectivity index (χ0n) is 19.5. The zero-order chi connectivity index (χ0) is 23.3. The lowest BCUT2D eigenvalue weighted by atomic mass is 10.1. The van der Waals surface area contributed by atoms with Crippen molar-refractivity contribution in [2.45, 2.75) is 0 Å². The van der Waals surface area contributed by atoms with Crippen LogP contribution in [0.3, 0.4) is 0 Å². The van der Waals surface area contributed by atoms with E-state index < -0.39 is 0 Å². The number of anilines is 1. The highest BCUT2D eigenvalue weighted by Crippen LogP contribution is 2.36. The Labute approximate surface area is 199 Å². The summed E-state index contributed by atoms with van der Waals surface area (Å²) in [5, 5.41) is 4.48. The Morgan fingerprint density at radius 2 is 1.71 bits per heavy atom. The van der Waals surface area contributed by atoms with Crippen LogP contribution in [0.15, 0.2) is 67.1 Å². The van der Waals surface area contributed by atoms with Crippen molar-refractivity contribution in [1.82, 2.24) is 24.5 Å². The van der Waals surface area contributed by atoms with Gasteiger partial charge in [-0.2, -0.15) is 14.6 Å². The summed E-state index contributed by atoms with van der Waals surface area (Å²) in [6, 6.07) is 16.3. The van der Waals surface area contributed by atoms with Crippen molar-refractivity contribution in [3.63, 3.8) is 0 Å². The van der Waals surface area contributed by atoms with E-state index >= 15 is 0 Å². The lowest BCUT2D eigenvalue weighted by Crippen LogP contribution is -2.47. The summed E-state index contributed by atoms with van der Waals surface area (Å²) in [6.45, 7) is 4.63. The van der Waals surface area contributed by atoms with Crippen LogP contribution >= 0.6 is 0 Å². The standard InChI is InChI=1S/C26H28N6O2/c1-33-23-11-10-21(17-24(23)34-2)22-18-27-26-28-19-29-32(26)25(22)31-15-13-30(14-16-31)12-6-9-20-7-4-3-5-8-20/h3-11,17-19H,12-16H2,1-2H3. The molecule has 1 saturated heterocycles. The van der Waals surface area contributed by atoms with Crippen LogP contribution in [0.5, 0.6) is 11.5 Å². The van der Waals surface area contributed by atoms with Gasteiger partial charge >= 0.3 is 0 Å². The number of aromatic nitrogens is 4. The lowest BCUT2D eigenvalue weighted by Gasteiger charge is -2.36. The molecule has 1 aliphatic heterocycles. The molecule has 8 heteroatoms. The molecule has 0 saturated carbocycles. The van der Waals surface area contributed by atoms with E-state index in [2.05, 4.69) is 61.3 Å². The van der Waals surface area contributed by atoms with Crippen LogP contribution in [0.25, 0.3) is 23.0 Å². The molecular weight excluding hydrogens is 428 g/mol. The molecule has 2 aromatic carbocycles. The number of hydrogen-bond donors (Lipinski definition) is 0. The van der Waals surface area contributed by atoms with Gasteiger partial charge < -0.3 is 14.4 Å². The quantitative estimate of drug-likeness (QED) is 0.421. The fourth-order valence-corrected chi connectivity index (χ4v) is 4.32. The maximum Gasteiger partial charge on any atom is 0.254 e. The lowest BCUT2D eigenvalue weighted by molar-refractivity contribution is 0.283. The van der Waals surface area contributed by atoms with Crippen LogP contribution in [0, 0.1) is 0 Å². The normalized spacial score (nSPS) is 14.7. The van der Waals surface area contributed by atoms with Crippen LogP contribution in [-0.2, 0) is 0 Å². The second-order valence-electron chi connectivity index (χ2n) is 8.14. The molecule has 0 N–H and O–H groups in total. The Bertz CT molecular complexity index is 1280. The first-order chi connectivity index (χ1) is 16.8. The third kappa shape index (κ3) is 4.45. The van der Waals surface area contributed by atoms with E-state index in [4.69, 9.17) is 9.47 Å². The molecule has 4 aromatic rings. The summed E-state index contributed by atoms with van der Waals surface area (Å²) in [7, 11) is 3.29. The Balaban J connectivity index is 1.38. The van der Waals surface area contributed by atoms with E-state index in [0.717, 1.165) is 49.7 Å². The summed E-state index contributed by atoms with van der Waals surface area (Å²) >= 11 is 0. The SMILES string of the molecule is COc1ccc(-c2cnc3ncnn3c2N2CCN(CC=Cc3ccccc3)CC2)cc1OC. The number of fused-ring (bicyclic) bond motifs is 1. The van der Waals surface area contributed by atoms with E-state index in [1.165, 1.54) is 5.56 Å². The van der Waals surface area contributed by atoms with Crippen LogP contribution in [0.1, 0.15) is 5.56 Å². The number of hydrogen-bond acceptors (Lipinski definition) is 7. The van der Waals surface area contributed by atoms with Crippen LogP contribution in [-0.4, -0.2) is 71.4 Å². The van der Waals surface area contributed by atoms with Gasteiger partial charge in [0, 0.05) is 44.5 Å². The van der Waals surface area contributed by atoms with Crippen molar-refractivity contribution in [2.75, 3.05) is 51.8 Å². The fourth-order valence-electron chi connectivity index (χ4n) is 4.32. The topological polar surface area (TPSA) is 68.0 Å². The molecule has 1 aliphatic rings. The van der Waals surface area contributed by atoms with Gasteiger partial charge in [-0.3, -0.25) is 4.90 Å². The first-order valence-electron chi connectivity index (χ1n) is 11.4. The third-order valence-electron chi connectivity index (χ3n) is 6.12. The fraction of sp³-hybridized carbons (Fsp3) is 0.269. The molecule has 34 heavy (non-hydrogen) atoms. The number of methoxy groups -OCH3 is 2. The molecular formula is C26H28N6O2. The number of benzene rings is 2. The molecule has 0 radical (unpaired) electrons. The van der Waals surface area contributed by atoms with Crippen LogP contribution < -0.4 is 14.4 Å². The van der Waals surface area contributed by atoms with Gasteiger partial charge in [-0.15, -0.1) is 0 Å². The number of rotatable bonds is 7. The van der Waals surface area contributed by atoms with Gasteiger partial charge in [-0.25, -0.2) is 4.98 Å². The molecule has 2 aromatic heterocycles. The maximum absolute atomic E-state index is 5.53. The minimum Gasteiger partial charge on any atom is -0.493 e. The van der Waals surface area contributed by atoms with Crippen molar-refractivity contribution in [1.29, 1.82) is 0 Å². The summed E-state index contributed by atoms with van der Waals surface area (Å²) in [5.41, 5.74) is 3.20. The molecule has 0 unspecified atom stereocenters. The van der Waals surface area contributed by atoms with Gasteiger partial charge in [0.05, 0.1) is 14.2 Å². The Kier molecular flexibility index (Phi) is 6.40. The van der Waals surface area contributed by atoms with E-state index in [1.54, 1.807) is 20.5 Å². The number of nitrogens with zero attached hydrogens (tertiary/aromatic N) is 6. The van der Waals surface area contributed by atoms with Gasteiger partial charge in [0.25, 0.3) is 5.78 Å². The average molecular weight is 457 g/mol. The van der Waals surface area contributed by atoms with Crippen molar-refractivity contribution < 1.29 is 9.47 Å². The Morgan fingerprint density at radius 3 is 2.47 bits per heavy atom. The largest absolute Gasteiger partial charge is 0.493 e. The highest BCUT2D eigenvalue weighted by Gasteiger charge is 2.23. The predicted octanol–water partition coefficient (Wildman–Crippen LogP) is 3.64. The average Bonchev–Trinajstić information content (AvgIpc) is 3.38. The molecule has 0 atom stereocenters. The van der Waals surface area contributed by atoms with Crippen LogP contribution in [0.4, 0.5) is 5.82 Å². The molecule has 8 nitrogen and oxygen atoms in total. The Hall–Kier alpha value is -3.91. The predicted molar refractivity (Wildman–Crippen MR) is 133 cm³/mol. The number of piperazine rings is 1. The van der Waals surface area contributed by atoms with Gasteiger partial charge in [0.2, 0.25) is 0 Å². The van der Waals surface area contributed by atoms with E-state index in [-0.39, 0.29) is 0 Å². The molecule has 1 fully saturated rings. The van der Waals surface area contributed by atoms with Crippen molar-refractivity contribution in [2.24, 2.45) is 0 Å². The van der Waals surface area contributed by atoms with Gasteiger partial charge in [0.15, 0.2) is 11.5 Å². The third-order valence-corrected chi connectivity index (χ3v) is 6.12.